The predicted octanol–water partition coefficient (Wildman–Crippen LogP) is 3.57. The molecule has 0 spiro atoms. The zero-order valence-corrected chi connectivity index (χ0v) is 16.5. The van der Waals surface area contributed by atoms with Crippen LogP contribution in [-0.2, 0) is 23.3 Å². The van der Waals surface area contributed by atoms with Gasteiger partial charge in [-0.25, -0.2) is 9.78 Å². The number of carbonyl (C=O) groups excluding carboxylic acids is 2. The highest BCUT2D eigenvalue weighted by Gasteiger charge is 2.49. The molecule has 140 valence electrons. The highest BCUT2D eigenvalue weighted by atomic mass is 32.1. The van der Waals surface area contributed by atoms with Crippen LogP contribution in [0.3, 0.4) is 0 Å². The Balaban J connectivity index is 1.77. The van der Waals surface area contributed by atoms with Crippen LogP contribution in [0.1, 0.15) is 49.0 Å². The third-order valence-electron chi connectivity index (χ3n) is 4.70. The Morgan fingerprint density at radius 2 is 2.15 bits per heavy atom. The maximum absolute atomic E-state index is 13.0. The Kier molecular flexibility index (Phi) is 5.29. The Morgan fingerprint density at radius 1 is 1.37 bits per heavy atom. The van der Waals surface area contributed by atoms with Crippen LogP contribution in [0.2, 0.25) is 0 Å². The van der Waals surface area contributed by atoms with Crippen molar-refractivity contribution in [1.82, 2.24) is 15.2 Å². The normalized spacial score (nSPS) is 19.4. The molecule has 1 unspecified atom stereocenters. The van der Waals surface area contributed by atoms with Gasteiger partial charge >= 0.3 is 6.03 Å². The average molecular weight is 382 g/mol. The van der Waals surface area contributed by atoms with Gasteiger partial charge in [0.05, 0.1) is 28.9 Å². The second kappa shape index (κ2) is 7.49. The summed E-state index contributed by atoms with van der Waals surface area (Å²) in [5.74, 6) is 0.271. The van der Waals surface area contributed by atoms with E-state index in [0.717, 1.165) is 23.5 Å². The van der Waals surface area contributed by atoms with Gasteiger partial charge in [-0.1, -0.05) is 26.0 Å². The van der Waals surface area contributed by atoms with Gasteiger partial charge in [0.15, 0.2) is 0 Å². The number of benzene rings is 1. The molecular weight excluding hydrogens is 360 g/mol. The summed E-state index contributed by atoms with van der Waals surface area (Å²) in [7, 11) is 0. The van der Waals surface area contributed by atoms with Crippen molar-refractivity contribution in [2.45, 2.75) is 45.7 Å². The van der Waals surface area contributed by atoms with Gasteiger partial charge in [0.2, 0.25) is 0 Å². The van der Waals surface area contributed by atoms with Crippen molar-refractivity contribution in [3.05, 3.63) is 51.5 Å². The topological polar surface area (TPSA) is 86.1 Å². The monoisotopic (exact) mass is 382 g/mol. The molecule has 1 fully saturated rings. The lowest BCUT2D eigenvalue weighted by molar-refractivity contribution is -0.131. The molecule has 1 aliphatic rings. The zero-order valence-electron chi connectivity index (χ0n) is 15.7. The van der Waals surface area contributed by atoms with Crippen LogP contribution in [0.5, 0.6) is 0 Å². The molecule has 1 aromatic heterocycles. The van der Waals surface area contributed by atoms with Gasteiger partial charge < -0.3 is 5.32 Å². The number of hydrogen-bond acceptors (Lipinski definition) is 5. The van der Waals surface area contributed by atoms with Crippen molar-refractivity contribution in [2.75, 3.05) is 0 Å². The number of nitrogens with zero attached hydrogens (tertiary/aromatic N) is 3. The summed E-state index contributed by atoms with van der Waals surface area (Å²) < 4.78 is 0. The van der Waals surface area contributed by atoms with E-state index in [2.05, 4.69) is 30.2 Å². The summed E-state index contributed by atoms with van der Waals surface area (Å²) >= 11 is 1.56. The van der Waals surface area contributed by atoms with Gasteiger partial charge in [0, 0.05) is 5.38 Å². The number of aryl methyl sites for hydroxylation is 1. The molecule has 3 amide bonds. The van der Waals surface area contributed by atoms with Gasteiger partial charge in [-0.3, -0.25) is 9.69 Å². The highest BCUT2D eigenvalue weighted by Crippen LogP contribution is 2.30. The molecule has 1 N–H and O–H groups in total. The standard InChI is InChI=1S/C20H22N4O2S/c1-13(2)7-8-17-22-16(12-27-17)11-24-18(25)20(3,23-19(24)26)15-6-4-5-14(9-15)10-21/h4-6,9,12-13H,7-8,11H2,1-3H3,(H,23,26). The van der Waals surface area contributed by atoms with E-state index in [-0.39, 0.29) is 12.5 Å². The van der Waals surface area contributed by atoms with Gasteiger partial charge in [0.1, 0.15) is 5.54 Å². The predicted molar refractivity (Wildman–Crippen MR) is 103 cm³/mol. The smallest absolute Gasteiger partial charge is 0.319 e. The molecular formula is C20H22N4O2S. The van der Waals surface area contributed by atoms with Crippen LogP contribution in [0.25, 0.3) is 0 Å². The van der Waals surface area contributed by atoms with Crippen molar-refractivity contribution < 1.29 is 9.59 Å². The molecule has 1 aliphatic heterocycles. The molecule has 0 saturated carbocycles. The van der Waals surface area contributed by atoms with Gasteiger partial charge in [0.25, 0.3) is 5.91 Å². The molecule has 6 nitrogen and oxygen atoms in total. The summed E-state index contributed by atoms with van der Waals surface area (Å²) in [4.78, 5) is 31.2. The van der Waals surface area contributed by atoms with Gasteiger partial charge in [-0.15, -0.1) is 11.3 Å². The van der Waals surface area contributed by atoms with E-state index >= 15 is 0 Å². The lowest BCUT2D eigenvalue weighted by Crippen LogP contribution is -2.40. The number of thiazole rings is 1. The number of imide groups is 1. The summed E-state index contributed by atoms with van der Waals surface area (Å²) in [6, 6.07) is 8.37. The van der Waals surface area contributed by atoms with E-state index in [1.807, 2.05) is 5.38 Å². The third kappa shape index (κ3) is 3.86. The second-order valence-electron chi connectivity index (χ2n) is 7.30. The van der Waals surface area contributed by atoms with Crippen LogP contribution in [0.15, 0.2) is 29.6 Å². The fourth-order valence-corrected chi connectivity index (χ4v) is 3.85. The van der Waals surface area contributed by atoms with Crippen LogP contribution in [-0.4, -0.2) is 21.8 Å². The number of amides is 3. The first-order valence-corrected chi connectivity index (χ1v) is 9.79. The minimum atomic E-state index is -1.18. The summed E-state index contributed by atoms with van der Waals surface area (Å²) in [5.41, 5.74) is 0.583. The molecule has 1 aromatic carbocycles. The summed E-state index contributed by atoms with van der Waals surface area (Å²) in [5, 5.41) is 14.8. The third-order valence-corrected chi connectivity index (χ3v) is 5.66. The average Bonchev–Trinajstić information content (AvgIpc) is 3.19. The lowest BCUT2D eigenvalue weighted by atomic mass is 9.91. The lowest BCUT2D eigenvalue weighted by Gasteiger charge is -2.22. The van der Waals surface area contributed by atoms with Gasteiger partial charge in [-0.05, 0) is 43.4 Å². The number of hydrogen-bond donors (Lipinski definition) is 1. The number of carbonyl (C=O) groups is 2. The number of nitrogens with one attached hydrogen (secondary N) is 1. The van der Waals surface area contributed by atoms with E-state index < -0.39 is 11.6 Å². The van der Waals surface area contributed by atoms with Crippen LogP contribution in [0, 0.1) is 17.2 Å². The molecule has 0 bridgehead atoms. The van der Waals surface area contributed by atoms with Crippen LogP contribution >= 0.6 is 11.3 Å². The first kappa shape index (κ1) is 19.1. The zero-order chi connectivity index (χ0) is 19.6. The van der Waals surface area contributed by atoms with Crippen molar-refractivity contribution in [3.8, 4) is 6.07 Å². The maximum Gasteiger partial charge on any atom is 0.325 e. The second-order valence-corrected chi connectivity index (χ2v) is 8.25. The quantitative estimate of drug-likeness (QED) is 0.774. The molecule has 1 saturated heterocycles. The number of aromatic nitrogens is 1. The highest BCUT2D eigenvalue weighted by molar-refractivity contribution is 7.09. The van der Waals surface area contributed by atoms with Crippen molar-refractivity contribution in [3.63, 3.8) is 0 Å². The summed E-state index contributed by atoms with van der Waals surface area (Å²) in [6.07, 6.45) is 1.96. The summed E-state index contributed by atoms with van der Waals surface area (Å²) in [6.45, 7) is 6.16. The Bertz CT molecular complexity index is 915. The minimum absolute atomic E-state index is 0.149. The molecule has 0 aliphatic carbocycles. The van der Waals surface area contributed by atoms with E-state index in [9.17, 15) is 9.59 Å². The van der Waals surface area contributed by atoms with E-state index in [1.165, 1.54) is 4.90 Å². The molecule has 2 aromatic rings. The Hall–Kier alpha value is -2.72. The van der Waals surface area contributed by atoms with Gasteiger partial charge in [-0.2, -0.15) is 5.26 Å². The fourth-order valence-electron chi connectivity index (χ4n) is 3.05. The van der Waals surface area contributed by atoms with Crippen molar-refractivity contribution in [1.29, 1.82) is 5.26 Å². The Morgan fingerprint density at radius 3 is 2.85 bits per heavy atom. The van der Waals surface area contributed by atoms with E-state index in [4.69, 9.17) is 5.26 Å². The number of urea groups is 1. The van der Waals surface area contributed by atoms with Crippen molar-refractivity contribution >= 4 is 23.3 Å². The first-order valence-electron chi connectivity index (χ1n) is 8.91. The minimum Gasteiger partial charge on any atom is -0.319 e. The van der Waals surface area contributed by atoms with E-state index in [0.29, 0.717) is 17.0 Å². The SMILES string of the molecule is CC(C)CCc1nc(CN2C(=O)NC(C)(c3cccc(C#N)c3)C2=O)cs1. The van der Waals surface area contributed by atoms with E-state index in [1.54, 1.807) is 42.5 Å². The molecule has 2 heterocycles. The fraction of sp³-hybridized carbons (Fsp3) is 0.400. The first-order chi connectivity index (χ1) is 12.8. The van der Waals surface area contributed by atoms with Crippen LogP contribution < -0.4 is 5.32 Å². The molecule has 3 rings (SSSR count). The maximum atomic E-state index is 13.0. The largest absolute Gasteiger partial charge is 0.325 e. The molecule has 7 heteroatoms. The molecule has 0 radical (unpaired) electrons. The number of rotatable bonds is 6. The van der Waals surface area contributed by atoms with Crippen LogP contribution in [0.4, 0.5) is 4.79 Å². The number of nitriles is 1. The molecule has 1 atom stereocenters. The van der Waals surface area contributed by atoms with Crippen molar-refractivity contribution in [2.24, 2.45) is 5.92 Å². The Labute approximate surface area is 162 Å². The molecule has 27 heavy (non-hydrogen) atoms.